The van der Waals surface area contributed by atoms with Gasteiger partial charge in [0.25, 0.3) is 0 Å². The summed E-state index contributed by atoms with van der Waals surface area (Å²) < 4.78 is 20.2. The van der Waals surface area contributed by atoms with Gasteiger partial charge in [0, 0.05) is 54.3 Å². The van der Waals surface area contributed by atoms with Gasteiger partial charge in [-0.1, -0.05) is 51.1 Å². The predicted molar refractivity (Wildman–Crippen MR) is 282 cm³/mol. The summed E-state index contributed by atoms with van der Waals surface area (Å²) in [7, 11) is 0. The highest BCUT2D eigenvalue weighted by atomic mass is 79.9. The van der Waals surface area contributed by atoms with E-state index >= 15 is 0 Å². The third kappa shape index (κ3) is 12.5. The van der Waals surface area contributed by atoms with Crippen LogP contribution in [0.3, 0.4) is 0 Å². The number of carbonyl (C=O) groups is 3. The first-order chi connectivity index (χ1) is 34.1. The first kappa shape index (κ1) is 50.7. The van der Waals surface area contributed by atoms with Crippen LogP contribution >= 0.6 is 38.6 Å². The number of nitrogens with one attached hydrogen (secondary N) is 2. The quantitative estimate of drug-likeness (QED) is 0.0607. The number of phenolic OH excluding ortho intramolecular Hbond substituents is 1. The summed E-state index contributed by atoms with van der Waals surface area (Å²) in [5.41, 5.74) is 5.25. The first-order valence-electron chi connectivity index (χ1n) is 24.4. The molecule has 13 nitrogen and oxygen atoms in total. The monoisotopic (exact) mass is 1060 g/mol. The number of ether oxygens (including phenoxy) is 3. The summed E-state index contributed by atoms with van der Waals surface area (Å²) >= 11 is 6.84. The molecule has 4 N–H and O–H groups in total. The maximum Gasteiger partial charge on any atom is 0.234 e. The zero-order chi connectivity index (χ0) is 49.8. The number of Topliss-reactive ketones (excluding diaryl/α,β-unsaturated/α-hetero) is 1. The van der Waals surface area contributed by atoms with Crippen molar-refractivity contribution < 1.29 is 38.8 Å². The van der Waals surface area contributed by atoms with Gasteiger partial charge < -0.3 is 35.1 Å². The van der Waals surface area contributed by atoms with E-state index in [0.29, 0.717) is 37.3 Å². The van der Waals surface area contributed by atoms with Gasteiger partial charge in [-0.25, -0.2) is 4.98 Å². The average Bonchev–Trinajstić information content (AvgIpc) is 4.08. The molecule has 2 aromatic heterocycles. The number of halogens is 1. The van der Waals surface area contributed by atoms with E-state index in [-0.39, 0.29) is 48.8 Å². The predicted octanol–water partition coefficient (Wildman–Crippen LogP) is 9.61. The fourth-order valence-electron chi connectivity index (χ4n) is 9.94. The molecule has 1 saturated carbocycles. The Morgan fingerprint density at radius 1 is 0.887 bits per heavy atom. The Bertz CT molecular complexity index is 2820. The number of thiophene rings is 1. The van der Waals surface area contributed by atoms with Crippen LogP contribution in [0.5, 0.6) is 23.0 Å². The van der Waals surface area contributed by atoms with Gasteiger partial charge in [0.15, 0.2) is 5.78 Å². The number of fused-ring (bicyclic) bond motifs is 1. The highest BCUT2D eigenvalue weighted by molar-refractivity contribution is 9.10. The standard InChI is InChI=1S/C55H62BrN5O8S2/c1-33-52(70-32-58-33)35-7-5-34(6-8-35)28-57-54(66)45-26-40(63)25-44(45)51(65)53(55(2,3)4)59-50(64)31-60-19-17-38(18-20-60)61-29-43(30-61)68-22-21-67-41-12-14-42(15-13-41)69-47-23-36(10-16-46(47)56)48-24-37-9-11-39(62)27-49(37)71-48/h5-16,23-24,27,32,38,40,43-45,53,62-63H,17-22,25-26,28-31H2,1-4H3,(H,57,66)(H,59,64)/t40-,44?,45+,53+/m0/s1. The number of nitrogens with zero attached hydrogens (tertiary/aromatic N) is 3. The SMILES string of the molecule is Cc1ncsc1-c1ccc(CNC(=O)[C@@H]2C[C@@H](O)CC2C(=O)[C@@H](NC(=O)CN2CCC(N3CC(OCCOc4ccc(Oc5cc(-c6cc7ccc(O)cc7s6)ccc5Br)cc4)C3)CC2)C(C)(C)C)cc1. The molecule has 2 saturated heterocycles. The van der Waals surface area contributed by atoms with Gasteiger partial charge in [-0.05, 0) is 137 Å². The maximum atomic E-state index is 14.2. The molecule has 71 heavy (non-hydrogen) atoms. The number of amides is 2. The molecule has 4 aromatic carbocycles. The van der Waals surface area contributed by atoms with Gasteiger partial charge in [-0.2, -0.15) is 0 Å². The summed E-state index contributed by atoms with van der Waals surface area (Å²) in [6.07, 6.45) is 1.67. The Hall–Kier alpha value is -5.20. The molecule has 0 radical (unpaired) electrons. The van der Waals surface area contributed by atoms with Crippen molar-refractivity contribution in [3.05, 3.63) is 112 Å². The van der Waals surface area contributed by atoms with E-state index in [0.717, 1.165) is 91.5 Å². The number of benzene rings is 4. The van der Waals surface area contributed by atoms with Crippen molar-refractivity contribution >= 4 is 66.3 Å². The maximum absolute atomic E-state index is 14.2. The normalized spacial score (nSPS) is 19.6. The van der Waals surface area contributed by atoms with Crippen LogP contribution in [-0.4, -0.2) is 113 Å². The molecule has 6 aromatic rings. The number of ketones is 1. The number of aryl methyl sites for hydroxylation is 1. The van der Waals surface area contributed by atoms with Crippen LogP contribution in [0.15, 0.2) is 101 Å². The molecular formula is C55H62BrN5O8S2. The van der Waals surface area contributed by atoms with Gasteiger partial charge >= 0.3 is 0 Å². The second kappa shape index (κ2) is 22.3. The van der Waals surface area contributed by atoms with Crippen molar-refractivity contribution in [2.24, 2.45) is 17.3 Å². The zero-order valence-corrected chi connectivity index (χ0v) is 43.8. The van der Waals surface area contributed by atoms with Crippen molar-refractivity contribution in [1.82, 2.24) is 25.4 Å². The summed E-state index contributed by atoms with van der Waals surface area (Å²) in [6, 6.07) is 28.7. The number of rotatable bonds is 18. The van der Waals surface area contributed by atoms with Crippen LogP contribution in [0.1, 0.15) is 57.7 Å². The number of phenols is 1. The lowest BCUT2D eigenvalue weighted by Gasteiger charge is -2.46. The van der Waals surface area contributed by atoms with Gasteiger partial charge in [0.2, 0.25) is 11.8 Å². The molecule has 2 amide bonds. The molecule has 2 aliphatic heterocycles. The largest absolute Gasteiger partial charge is 0.508 e. The highest BCUT2D eigenvalue weighted by Crippen LogP contribution is 2.40. The van der Waals surface area contributed by atoms with Crippen LogP contribution in [0, 0.1) is 24.2 Å². The number of carbonyl (C=O) groups excluding carboxylic acids is 3. The number of aromatic nitrogens is 1. The van der Waals surface area contributed by atoms with Crippen LogP contribution in [0.2, 0.25) is 0 Å². The molecule has 1 aliphatic carbocycles. The Kier molecular flexibility index (Phi) is 15.9. The minimum absolute atomic E-state index is 0.155. The van der Waals surface area contributed by atoms with E-state index in [2.05, 4.69) is 47.4 Å². The fraction of sp³-hybridized carbons (Fsp3) is 0.418. The van der Waals surface area contributed by atoms with Crippen LogP contribution in [-0.2, 0) is 25.7 Å². The molecule has 16 heteroatoms. The Morgan fingerprint density at radius 2 is 1.61 bits per heavy atom. The first-order valence-corrected chi connectivity index (χ1v) is 26.9. The number of likely N-dealkylation sites (tertiary alicyclic amines) is 2. The molecule has 9 rings (SSSR count). The van der Waals surface area contributed by atoms with Crippen molar-refractivity contribution in [2.75, 3.05) is 45.9 Å². The third-order valence-corrected chi connectivity index (χ3v) is 16.7. The molecule has 0 bridgehead atoms. The molecule has 3 fully saturated rings. The van der Waals surface area contributed by atoms with E-state index < -0.39 is 29.4 Å². The van der Waals surface area contributed by atoms with Gasteiger partial charge in [-0.15, -0.1) is 22.7 Å². The highest BCUT2D eigenvalue weighted by Gasteiger charge is 2.47. The lowest BCUT2D eigenvalue weighted by atomic mass is 9.77. The van der Waals surface area contributed by atoms with E-state index in [1.54, 1.807) is 34.8 Å². The molecule has 1 unspecified atom stereocenters. The van der Waals surface area contributed by atoms with Gasteiger partial charge in [0.05, 0.1) is 57.9 Å². The van der Waals surface area contributed by atoms with Crippen LogP contribution < -0.4 is 20.1 Å². The minimum atomic E-state index is -0.806. The van der Waals surface area contributed by atoms with E-state index in [1.807, 2.05) is 106 Å². The lowest BCUT2D eigenvalue weighted by Crippen LogP contribution is -2.59. The van der Waals surface area contributed by atoms with Crippen molar-refractivity contribution in [3.8, 4) is 43.9 Å². The number of hydrogen-bond donors (Lipinski definition) is 4. The number of hydrogen-bond acceptors (Lipinski definition) is 13. The Balaban J connectivity index is 0.668. The molecule has 3 aliphatic rings. The second-order valence-electron chi connectivity index (χ2n) is 20.1. The van der Waals surface area contributed by atoms with Crippen molar-refractivity contribution in [2.45, 2.75) is 84.2 Å². The number of aromatic hydroxyl groups is 1. The fourth-order valence-corrected chi connectivity index (χ4v) is 12.2. The summed E-state index contributed by atoms with van der Waals surface area (Å²) in [4.78, 5) is 52.5. The summed E-state index contributed by atoms with van der Waals surface area (Å²) in [5.74, 6) is 0.329. The number of aliphatic hydroxyl groups is 1. The second-order valence-corrected chi connectivity index (χ2v) is 22.9. The van der Waals surface area contributed by atoms with E-state index in [1.165, 1.54) is 0 Å². The Labute approximate surface area is 431 Å². The van der Waals surface area contributed by atoms with E-state index in [9.17, 15) is 24.6 Å². The van der Waals surface area contributed by atoms with Crippen molar-refractivity contribution in [1.29, 1.82) is 0 Å². The van der Waals surface area contributed by atoms with Crippen LogP contribution in [0.25, 0.3) is 31.0 Å². The minimum Gasteiger partial charge on any atom is -0.508 e. The van der Waals surface area contributed by atoms with E-state index in [4.69, 9.17) is 14.2 Å². The summed E-state index contributed by atoms with van der Waals surface area (Å²) in [6.45, 7) is 12.5. The number of thiazole rings is 1. The van der Waals surface area contributed by atoms with Gasteiger partial charge in [0.1, 0.15) is 29.6 Å². The zero-order valence-electron chi connectivity index (χ0n) is 40.6. The topological polar surface area (TPSA) is 163 Å². The number of aliphatic hydroxyl groups excluding tert-OH is 1. The molecular weight excluding hydrogens is 1000 g/mol. The smallest absolute Gasteiger partial charge is 0.234 e. The van der Waals surface area contributed by atoms with Crippen molar-refractivity contribution in [3.63, 3.8) is 0 Å². The van der Waals surface area contributed by atoms with Gasteiger partial charge in [-0.3, -0.25) is 24.2 Å². The molecule has 4 atom stereocenters. The Morgan fingerprint density at radius 3 is 2.32 bits per heavy atom. The molecule has 374 valence electrons. The third-order valence-electron chi connectivity index (χ3n) is 13.9. The molecule has 0 spiro atoms. The molecule has 4 heterocycles. The lowest BCUT2D eigenvalue weighted by molar-refractivity contribution is -0.137. The van der Waals surface area contributed by atoms with Crippen LogP contribution in [0.4, 0.5) is 0 Å². The average molecular weight is 1070 g/mol. The summed E-state index contributed by atoms with van der Waals surface area (Å²) in [5, 5.41) is 27.7. The number of piperidine rings is 1.